The fourth-order valence-corrected chi connectivity index (χ4v) is 4.39. The van der Waals surface area contributed by atoms with Crippen molar-refractivity contribution in [2.75, 3.05) is 6.54 Å². The highest BCUT2D eigenvalue weighted by atomic mass is 16.5. The Morgan fingerprint density at radius 3 is 2.77 bits per heavy atom. The van der Waals surface area contributed by atoms with Crippen LogP contribution in [0.15, 0.2) is 54.7 Å². The summed E-state index contributed by atoms with van der Waals surface area (Å²) >= 11 is 0. The number of carbonyl (C=O) groups excluding carboxylic acids is 1. The molecule has 0 bridgehead atoms. The first-order chi connectivity index (χ1) is 14.5. The van der Waals surface area contributed by atoms with Gasteiger partial charge in [-0.15, -0.1) is 0 Å². The topological polar surface area (TPSA) is 76.5 Å². The highest BCUT2D eigenvalue weighted by Gasteiger charge is 2.66. The van der Waals surface area contributed by atoms with Crippen molar-refractivity contribution in [3.8, 4) is 5.75 Å². The lowest BCUT2D eigenvalue weighted by Gasteiger charge is -2.24. The van der Waals surface area contributed by atoms with E-state index in [9.17, 15) is 14.7 Å². The molecule has 0 saturated carbocycles. The van der Waals surface area contributed by atoms with Crippen LogP contribution in [0.4, 0.5) is 0 Å². The van der Waals surface area contributed by atoms with E-state index in [1.165, 1.54) is 0 Å². The van der Waals surface area contributed by atoms with Crippen LogP contribution in [0.5, 0.6) is 5.75 Å². The number of hydrogen-bond acceptors (Lipinski definition) is 4. The van der Waals surface area contributed by atoms with E-state index in [0.29, 0.717) is 31.6 Å². The lowest BCUT2D eigenvalue weighted by molar-refractivity contribution is -0.758. The number of quaternary nitrogens is 1. The van der Waals surface area contributed by atoms with E-state index in [4.69, 9.17) is 4.74 Å². The van der Waals surface area contributed by atoms with Crippen molar-refractivity contribution in [2.24, 2.45) is 5.92 Å². The van der Waals surface area contributed by atoms with E-state index in [0.717, 1.165) is 27.6 Å². The lowest BCUT2D eigenvalue weighted by Crippen LogP contribution is -2.40. The van der Waals surface area contributed by atoms with Crippen molar-refractivity contribution in [1.82, 2.24) is 4.98 Å². The summed E-state index contributed by atoms with van der Waals surface area (Å²) in [4.78, 5) is 29.2. The monoisotopic (exact) mass is 403 g/mol. The summed E-state index contributed by atoms with van der Waals surface area (Å²) in [5, 5.41) is 11.4. The number of carboxylic acid groups (broad SMARTS) is 1. The number of amides is 1. The van der Waals surface area contributed by atoms with Crippen LogP contribution in [-0.4, -0.2) is 39.2 Å². The molecule has 1 amide bonds. The maximum atomic E-state index is 13.4. The number of carbonyl (C=O) groups is 2. The molecule has 30 heavy (non-hydrogen) atoms. The number of aliphatic carboxylic acids is 1. The predicted molar refractivity (Wildman–Crippen MR) is 111 cm³/mol. The van der Waals surface area contributed by atoms with E-state index >= 15 is 0 Å². The minimum atomic E-state index is -0.779. The van der Waals surface area contributed by atoms with Crippen molar-refractivity contribution in [1.29, 1.82) is 0 Å². The zero-order valence-corrected chi connectivity index (χ0v) is 16.7. The molecule has 3 atom stereocenters. The van der Waals surface area contributed by atoms with Crippen molar-refractivity contribution < 1.29 is 23.9 Å². The Labute approximate surface area is 174 Å². The van der Waals surface area contributed by atoms with Gasteiger partial charge in [0, 0.05) is 17.1 Å². The molecule has 0 radical (unpaired) electrons. The Balaban J connectivity index is 1.42. The third kappa shape index (κ3) is 3.04. The Morgan fingerprint density at radius 1 is 1.20 bits per heavy atom. The number of carboxylic acids is 1. The van der Waals surface area contributed by atoms with Crippen LogP contribution in [-0.2, 0) is 17.8 Å². The van der Waals surface area contributed by atoms with Crippen LogP contribution in [0.25, 0.3) is 10.8 Å². The van der Waals surface area contributed by atoms with E-state index in [-0.39, 0.29) is 16.6 Å². The predicted octanol–water partition coefficient (Wildman–Crippen LogP) is 3.78. The molecule has 1 aromatic heterocycles. The van der Waals surface area contributed by atoms with Gasteiger partial charge in [-0.05, 0) is 42.0 Å². The summed E-state index contributed by atoms with van der Waals surface area (Å²) < 4.78 is 6.30. The first kappa shape index (κ1) is 18.8. The molecule has 1 saturated heterocycles. The van der Waals surface area contributed by atoms with Crippen molar-refractivity contribution in [3.63, 3.8) is 0 Å². The van der Waals surface area contributed by atoms with Crippen molar-refractivity contribution in [3.05, 3.63) is 71.5 Å². The fourth-order valence-electron chi connectivity index (χ4n) is 4.39. The Kier molecular flexibility index (Phi) is 4.33. The molecular formula is C24H23N2O4+. The molecule has 3 aromatic rings. The van der Waals surface area contributed by atoms with Gasteiger partial charge in [-0.3, -0.25) is 4.79 Å². The van der Waals surface area contributed by atoms with E-state index in [2.05, 4.69) is 4.98 Å². The molecule has 6 heteroatoms. The zero-order chi connectivity index (χ0) is 20.9. The number of aromatic nitrogens is 1. The zero-order valence-electron chi connectivity index (χ0n) is 16.7. The van der Waals surface area contributed by atoms with Crippen LogP contribution in [0.1, 0.15) is 35.0 Å². The molecule has 1 N–H and O–H groups in total. The van der Waals surface area contributed by atoms with Crippen LogP contribution >= 0.6 is 0 Å². The SMILES string of the molecule is CCC(Cc1ccc2c(c1)C[N+]1(C(=O)c3cc4ccccc4cn3)CC1O2)C(=O)O. The second kappa shape index (κ2) is 6.92. The summed E-state index contributed by atoms with van der Waals surface area (Å²) in [6.07, 6.45) is 2.62. The van der Waals surface area contributed by atoms with Gasteiger partial charge < -0.3 is 9.84 Å². The summed E-state index contributed by atoms with van der Waals surface area (Å²) in [6, 6.07) is 15.5. The molecule has 152 valence electrons. The average Bonchev–Trinajstić information content (AvgIpc) is 3.48. The van der Waals surface area contributed by atoms with Crippen LogP contribution in [0, 0.1) is 5.92 Å². The maximum absolute atomic E-state index is 13.4. The van der Waals surface area contributed by atoms with Gasteiger partial charge in [-0.2, -0.15) is 0 Å². The molecule has 1 fully saturated rings. The standard InChI is InChI=1S/C24H22N2O4/c1-2-16(24(28)29)9-15-7-8-21-19(10-15)13-26(14-22(26)30-21)23(27)20-11-17-5-3-4-6-18(17)12-25-20/h3-8,10-12,16,22H,2,9,13-14H2,1H3/p+1. The smallest absolute Gasteiger partial charge is 0.368 e. The number of nitrogens with zero attached hydrogens (tertiary/aromatic N) is 2. The summed E-state index contributed by atoms with van der Waals surface area (Å²) in [5.41, 5.74) is 2.37. The van der Waals surface area contributed by atoms with E-state index in [1.54, 1.807) is 6.20 Å². The molecule has 3 heterocycles. The Morgan fingerprint density at radius 2 is 2.00 bits per heavy atom. The van der Waals surface area contributed by atoms with Gasteiger partial charge in [0.05, 0.1) is 5.92 Å². The number of fused-ring (bicyclic) bond motifs is 3. The Hall–Kier alpha value is -3.25. The minimum Gasteiger partial charge on any atom is -0.481 e. The number of pyridine rings is 1. The largest absolute Gasteiger partial charge is 0.481 e. The summed E-state index contributed by atoms with van der Waals surface area (Å²) in [5.74, 6) is -0.428. The molecule has 6 nitrogen and oxygen atoms in total. The van der Waals surface area contributed by atoms with Crippen LogP contribution in [0.3, 0.4) is 0 Å². The maximum Gasteiger partial charge on any atom is 0.368 e. The number of benzene rings is 2. The highest BCUT2D eigenvalue weighted by Crippen LogP contribution is 2.44. The van der Waals surface area contributed by atoms with E-state index in [1.807, 2.05) is 55.5 Å². The second-order valence-corrected chi connectivity index (χ2v) is 8.26. The normalized spacial score (nSPS) is 22.5. The van der Waals surface area contributed by atoms with E-state index < -0.39 is 11.9 Å². The quantitative estimate of drug-likeness (QED) is 0.518. The number of rotatable bonds is 5. The van der Waals surface area contributed by atoms with Gasteiger partial charge in [-0.1, -0.05) is 37.3 Å². The van der Waals surface area contributed by atoms with Crippen molar-refractivity contribution in [2.45, 2.75) is 32.5 Å². The average molecular weight is 403 g/mol. The van der Waals surface area contributed by atoms with Gasteiger partial charge in [0.1, 0.15) is 12.3 Å². The van der Waals surface area contributed by atoms with Gasteiger partial charge in [0.15, 0.2) is 12.2 Å². The molecule has 2 aliphatic heterocycles. The molecule has 0 aliphatic carbocycles. The Bertz CT molecular complexity index is 1170. The lowest BCUT2D eigenvalue weighted by atomic mass is 9.95. The van der Waals surface area contributed by atoms with Gasteiger partial charge in [0.2, 0.25) is 0 Å². The molecule has 3 unspecified atom stereocenters. The minimum absolute atomic E-state index is 0.0289. The molecule has 0 spiro atoms. The summed E-state index contributed by atoms with van der Waals surface area (Å²) in [7, 11) is 0. The first-order valence-corrected chi connectivity index (χ1v) is 10.3. The molecular weight excluding hydrogens is 380 g/mol. The van der Waals surface area contributed by atoms with Crippen LogP contribution < -0.4 is 4.74 Å². The summed E-state index contributed by atoms with van der Waals surface area (Å²) in [6.45, 7) is 3.06. The second-order valence-electron chi connectivity index (χ2n) is 8.26. The fraction of sp³-hybridized carbons (Fsp3) is 0.292. The number of ether oxygens (including phenoxy) is 1. The highest BCUT2D eigenvalue weighted by molar-refractivity contribution is 5.93. The first-order valence-electron chi connectivity index (χ1n) is 10.3. The van der Waals surface area contributed by atoms with Crippen LogP contribution in [0.2, 0.25) is 0 Å². The van der Waals surface area contributed by atoms with Crippen molar-refractivity contribution >= 4 is 22.6 Å². The van der Waals surface area contributed by atoms with Gasteiger partial charge in [0.25, 0.3) is 6.23 Å². The van der Waals surface area contributed by atoms with Gasteiger partial charge >= 0.3 is 11.9 Å². The molecule has 2 aromatic carbocycles. The third-order valence-electron chi connectivity index (χ3n) is 6.32. The molecule has 2 aliphatic rings. The number of hydrogen-bond donors (Lipinski definition) is 1. The van der Waals surface area contributed by atoms with Gasteiger partial charge in [-0.25, -0.2) is 14.3 Å². The molecule has 5 rings (SSSR count). The third-order valence-corrected chi connectivity index (χ3v) is 6.32.